The molecule has 1 aromatic heterocycles. The Labute approximate surface area is 215 Å². The van der Waals surface area contributed by atoms with Crippen molar-refractivity contribution in [3.63, 3.8) is 0 Å². The number of likely N-dealkylation sites (tertiary alicyclic amines) is 1. The summed E-state index contributed by atoms with van der Waals surface area (Å²) in [5.41, 5.74) is 5.35. The van der Waals surface area contributed by atoms with E-state index >= 15 is 0 Å². The molecule has 1 amide bonds. The summed E-state index contributed by atoms with van der Waals surface area (Å²) in [7, 11) is 0. The predicted octanol–water partition coefficient (Wildman–Crippen LogP) is 6.13. The normalized spacial score (nSPS) is 19.7. The molecule has 6 heteroatoms. The number of hydrogen-bond acceptors (Lipinski definition) is 4. The predicted molar refractivity (Wildman–Crippen MR) is 142 cm³/mol. The summed E-state index contributed by atoms with van der Waals surface area (Å²) in [6.07, 6.45) is 9.89. The van der Waals surface area contributed by atoms with Crippen LogP contribution in [-0.4, -0.2) is 47.6 Å². The molecular formula is C30H42N2O4. The Morgan fingerprint density at radius 3 is 2.36 bits per heavy atom. The average Bonchev–Trinajstić information content (AvgIpc) is 3.32. The number of carboxylic acids is 1. The van der Waals surface area contributed by atoms with Gasteiger partial charge in [-0.3, -0.25) is 9.59 Å². The van der Waals surface area contributed by atoms with Gasteiger partial charge in [-0.25, -0.2) is 0 Å². The zero-order chi connectivity index (χ0) is 25.9. The van der Waals surface area contributed by atoms with Gasteiger partial charge in [-0.05, 0) is 87.6 Å². The van der Waals surface area contributed by atoms with Gasteiger partial charge < -0.3 is 19.7 Å². The fourth-order valence-corrected chi connectivity index (χ4v) is 6.64. The van der Waals surface area contributed by atoms with Crippen molar-refractivity contribution in [1.82, 2.24) is 10.2 Å². The molecule has 2 fully saturated rings. The lowest BCUT2D eigenvalue weighted by Gasteiger charge is -2.42. The molecule has 0 radical (unpaired) electrons. The summed E-state index contributed by atoms with van der Waals surface area (Å²) in [6.45, 7) is 10.9. The second kappa shape index (κ2) is 11.2. The van der Waals surface area contributed by atoms with Gasteiger partial charge in [0.1, 0.15) is 0 Å². The summed E-state index contributed by atoms with van der Waals surface area (Å²) in [6, 6.07) is 6.29. The first-order valence-electron chi connectivity index (χ1n) is 13.6. The van der Waals surface area contributed by atoms with E-state index in [0.717, 1.165) is 86.8 Å². The molecule has 1 saturated carbocycles. The fourth-order valence-electron chi connectivity index (χ4n) is 6.64. The molecule has 2 heterocycles. The minimum absolute atomic E-state index is 0.0723. The van der Waals surface area contributed by atoms with Crippen LogP contribution in [0.4, 0.5) is 0 Å². The van der Waals surface area contributed by atoms with Crippen molar-refractivity contribution in [2.24, 2.45) is 11.3 Å². The fraction of sp³-hybridized carbons (Fsp3) is 0.600. The lowest BCUT2D eigenvalue weighted by atomic mass is 9.64. The first-order valence-corrected chi connectivity index (χ1v) is 13.6. The zero-order valence-electron chi connectivity index (χ0n) is 22.4. The van der Waals surface area contributed by atoms with Gasteiger partial charge in [-0.15, -0.1) is 0 Å². The van der Waals surface area contributed by atoms with Gasteiger partial charge in [0.05, 0.1) is 12.2 Å². The maximum Gasteiger partial charge on any atom is 0.306 e. The summed E-state index contributed by atoms with van der Waals surface area (Å²) in [5, 5.41) is 12.9. The third-order valence-electron chi connectivity index (χ3n) is 8.80. The third kappa shape index (κ3) is 5.69. The number of hydrogen-bond donors (Lipinski definition) is 2. The molecule has 1 saturated heterocycles. The van der Waals surface area contributed by atoms with Crippen molar-refractivity contribution in [2.75, 3.05) is 19.6 Å². The Hall–Kier alpha value is -2.60. The molecule has 2 N–H and O–H groups in total. The first kappa shape index (κ1) is 26.5. The van der Waals surface area contributed by atoms with Crippen LogP contribution in [0, 0.1) is 32.1 Å². The maximum atomic E-state index is 13.2. The van der Waals surface area contributed by atoms with Gasteiger partial charge in [0.2, 0.25) is 0 Å². The van der Waals surface area contributed by atoms with Crippen LogP contribution in [0.25, 0.3) is 11.1 Å². The van der Waals surface area contributed by atoms with E-state index < -0.39 is 5.97 Å². The summed E-state index contributed by atoms with van der Waals surface area (Å²) >= 11 is 0. The summed E-state index contributed by atoms with van der Waals surface area (Å²) in [5.74, 6) is -0.719. The molecule has 1 aromatic carbocycles. The number of benzene rings is 1. The topological polar surface area (TPSA) is 82.8 Å². The number of carboxylic acid groups (broad SMARTS) is 1. The highest BCUT2D eigenvalue weighted by Crippen LogP contribution is 2.45. The van der Waals surface area contributed by atoms with E-state index in [2.05, 4.69) is 43.1 Å². The zero-order valence-corrected chi connectivity index (χ0v) is 22.4. The van der Waals surface area contributed by atoms with Gasteiger partial charge in [0.15, 0.2) is 5.76 Å². The first-order chi connectivity index (χ1) is 17.2. The number of carbonyl (C=O) groups is 2. The number of aliphatic carboxylic acids is 1. The lowest BCUT2D eigenvalue weighted by molar-refractivity contribution is -0.147. The summed E-state index contributed by atoms with van der Waals surface area (Å²) in [4.78, 5) is 27.4. The molecule has 6 nitrogen and oxygen atoms in total. The molecular weight excluding hydrogens is 452 g/mol. The van der Waals surface area contributed by atoms with Crippen molar-refractivity contribution < 1.29 is 19.1 Å². The van der Waals surface area contributed by atoms with Gasteiger partial charge >= 0.3 is 5.97 Å². The van der Waals surface area contributed by atoms with Crippen LogP contribution >= 0.6 is 0 Å². The minimum Gasteiger partial charge on any atom is -0.481 e. The van der Waals surface area contributed by atoms with Crippen LogP contribution in [-0.2, 0) is 4.79 Å². The smallest absolute Gasteiger partial charge is 0.306 e. The van der Waals surface area contributed by atoms with Crippen molar-refractivity contribution in [1.29, 1.82) is 0 Å². The van der Waals surface area contributed by atoms with Crippen LogP contribution in [0.3, 0.4) is 0 Å². The molecule has 36 heavy (non-hydrogen) atoms. The van der Waals surface area contributed by atoms with Crippen LogP contribution < -0.4 is 5.32 Å². The lowest BCUT2D eigenvalue weighted by Crippen LogP contribution is -2.46. The highest BCUT2D eigenvalue weighted by atomic mass is 16.4. The van der Waals surface area contributed by atoms with E-state index in [-0.39, 0.29) is 23.3 Å². The molecule has 4 rings (SSSR count). The molecule has 1 unspecified atom stereocenters. The SMILES string of the molecule is Cc1cc(C)c(-c2ccoc2C(=O)NC2CCN(CCC3(C(C)C(=O)O)CCCCC3)CC2)c(C)c1. The summed E-state index contributed by atoms with van der Waals surface area (Å²) < 4.78 is 5.67. The minimum atomic E-state index is -0.661. The average molecular weight is 495 g/mol. The van der Waals surface area contributed by atoms with Gasteiger partial charge in [-0.1, -0.05) is 43.9 Å². The monoisotopic (exact) mass is 494 g/mol. The van der Waals surface area contributed by atoms with E-state index in [1.807, 2.05) is 13.0 Å². The molecule has 1 aliphatic heterocycles. The Morgan fingerprint density at radius 2 is 1.75 bits per heavy atom. The highest BCUT2D eigenvalue weighted by Gasteiger charge is 2.41. The van der Waals surface area contributed by atoms with Gasteiger partial charge in [0, 0.05) is 24.7 Å². The number of amides is 1. The number of piperidine rings is 1. The number of furan rings is 1. The Bertz CT molecular complexity index is 1050. The quantitative estimate of drug-likeness (QED) is 0.461. The Morgan fingerprint density at radius 1 is 1.11 bits per heavy atom. The van der Waals surface area contributed by atoms with E-state index in [1.54, 1.807) is 6.26 Å². The molecule has 1 aliphatic carbocycles. The van der Waals surface area contributed by atoms with Crippen molar-refractivity contribution in [3.05, 3.63) is 46.9 Å². The van der Waals surface area contributed by atoms with Crippen LogP contribution in [0.15, 0.2) is 28.9 Å². The van der Waals surface area contributed by atoms with Gasteiger partial charge in [0.25, 0.3) is 5.91 Å². The largest absolute Gasteiger partial charge is 0.481 e. The molecule has 2 aliphatic rings. The van der Waals surface area contributed by atoms with Crippen LogP contribution in [0.2, 0.25) is 0 Å². The number of carbonyl (C=O) groups excluding carboxylic acids is 1. The Kier molecular flexibility index (Phi) is 8.23. The second-order valence-electron chi connectivity index (χ2n) is 11.3. The van der Waals surface area contributed by atoms with Crippen LogP contribution in [0.5, 0.6) is 0 Å². The number of rotatable bonds is 8. The molecule has 0 spiro atoms. The molecule has 196 valence electrons. The Balaban J connectivity index is 1.33. The molecule has 1 atom stereocenters. The van der Waals surface area contributed by atoms with E-state index in [1.165, 1.54) is 12.0 Å². The highest BCUT2D eigenvalue weighted by molar-refractivity contribution is 5.99. The van der Waals surface area contributed by atoms with Crippen LogP contribution in [0.1, 0.15) is 85.5 Å². The number of nitrogens with zero attached hydrogens (tertiary/aromatic N) is 1. The standard InChI is InChI=1S/C30H42N2O4/c1-20-18-21(2)26(22(3)19-20)25-10-17-36-27(25)28(33)31-24-8-14-32(15-9-24)16-13-30(23(4)29(34)35)11-6-5-7-12-30/h10,17-19,23-24H,5-9,11-16H2,1-4H3,(H,31,33)(H,34,35). The van der Waals surface area contributed by atoms with E-state index in [4.69, 9.17) is 4.42 Å². The van der Waals surface area contributed by atoms with Crippen molar-refractivity contribution in [2.45, 2.75) is 85.1 Å². The molecule has 2 aromatic rings. The second-order valence-corrected chi connectivity index (χ2v) is 11.3. The van der Waals surface area contributed by atoms with E-state index in [0.29, 0.717) is 5.76 Å². The molecule has 0 bridgehead atoms. The van der Waals surface area contributed by atoms with Crippen molar-refractivity contribution >= 4 is 11.9 Å². The van der Waals surface area contributed by atoms with E-state index in [9.17, 15) is 14.7 Å². The number of aryl methyl sites for hydroxylation is 3. The van der Waals surface area contributed by atoms with Crippen molar-refractivity contribution in [3.8, 4) is 11.1 Å². The van der Waals surface area contributed by atoms with Gasteiger partial charge in [-0.2, -0.15) is 0 Å². The maximum absolute atomic E-state index is 13.2. The number of nitrogens with one attached hydrogen (secondary N) is 1. The third-order valence-corrected chi connectivity index (χ3v) is 8.80.